The summed E-state index contributed by atoms with van der Waals surface area (Å²) in [6.07, 6.45) is 4.72. The molecule has 0 saturated heterocycles. The third kappa shape index (κ3) is 3.76. The Kier molecular flexibility index (Phi) is 5.54. The van der Waals surface area contributed by atoms with Crippen LogP contribution in [0.3, 0.4) is 0 Å². The predicted octanol–water partition coefficient (Wildman–Crippen LogP) is 5.20. The van der Waals surface area contributed by atoms with Crippen molar-refractivity contribution in [2.24, 2.45) is 0 Å². The van der Waals surface area contributed by atoms with Crippen molar-refractivity contribution in [1.29, 1.82) is 0 Å². The molecule has 1 aromatic rings. The number of phenolic OH excluding ortho intramolecular Hbond substituents is 1. The Balaban J connectivity index is 2.93. The molecule has 0 unspecified atom stereocenters. The van der Waals surface area contributed by atoms with Crippen LogP contribution in [-0.4, -0.2) is 5.11 Å². The molecule has 0 radical (unpaired) electrons. The van der Waals surface area contributed by atoms with E-state index in [-0.39, 0.29) is 0 Å². The third-order valence-electron chi connectivity index (χ3n) is 3.59. The quantitative estimate of drug-likeness (QED) is 0.717. The summed E-state index contributed by atoms with van der Waals surface area (Å²) in [4.78, 5) is 0. The maximum atomic E-state index is 9.94. The Bertz CT molecular complexity index is 343. The van der Waals surface area contributed by atoms with Crippen molar-refractivity contribution >= 4 is 0 Å². The molecule has 1 rings (SSSR count). The second-order valence-electron chi connectivity index (χ2n) is 5.20. The summed E-state index contributed by atoms with van der Waals surface area (Å²) < 4.78 is 0. The fraction of sp³-hybridized carbons (Fsp3) is 0.625. The highest BCUT2D eigenvalue weighted by molar-refractivity contribution is 5.39. The third-order valence-corrected chi connectivity index (χ3v) is 3.59. The Hall–Kier alpha value is -0.980. The van der Waals surface area contributed by atoms with Crippen molar-refractivity contribution in [3.8, 4) is 5.75 Å². The lowest BCUT2D eigenvalue weighted by molar-refractivity contribution is 0.459. The van der Waals surface area contributed by atoms with E-state index in [4.69, 9.17) is 0 Å². The van der Waals surface area contributed by atoms with Crippen LogP contribution in [0.25, 0.3) is 0 Å². The van der Waals surface area contributed by atoms with E-state index in [1.807, 2.05) is 6.07 Å². The average molecular weight is 234 g/mol. The first kappa shape index (κ1) is 14.1. The van der Waals surface area contributed by atoms with E-state index in [2.05, 4.69) is 39.8 Å². The molecule has 0 aromatic heterocycles. The standard InChI is InChI=1S/C16H26O/c1-5-7-12(3)14-9-10-16(17)15(11-14)13(4)8-6-2/h9-13,17H,5-8H2,1-4H3/t12-,13+/m0/s1. The minimum atomic E-state index is 0.453. The molecule has 0 aliphatic rings. The number of aromatic hydroxyl groups is 1. The maximum absolute atomic E-state index is 9.94. The molecule has 0 fully saturated rings. The van der Waals surface area contributed by atoms with Gasteiger partial charge < -0.3 is 5.11 Å². The van der Waals surface area contributed by atoms with Crippen molar-refractivity contribution < 1.29 is 5.11 Å². The largest absolute Gasteiger partial charge is 0.508 e. The lowest BCUT2D eigenvalue weighted by atomic mass is 9.89. The van der Waals surface area contributed by atoms with E-state index >= 15 is 0 Å². The van der Waals surface area contributed by atoms with Crippen molar-refractivity contribution in [3.05, 3.63) is 29.3 Å². The van der Waals surface area contributed by atoms with Crippen molar-refractivity contribution in [2.45, 2.75) is 65.2 Å². The van der Waals surface area contributed by atoms with Crippen LogP contribution < -0.4 is 0 Å². The molecule has 0 spiro atoms. The SMILES string of the molecule is CCC[C@@H](C)c1cc([C@@H](C)CCC)ccc1O. The summed E-state index contributed by atoms with van der Waals surface area (Å²) in [6.45, 7) is 8.88. The molecule has 0 saturated carbocycles. The Morgan fingerprint density at radius 1 is 1.00 bits per heavy atom. The summed E-state index contributed by atoms with van der Waals surface area (Å²) in [5.41, 5.74) is 2.48. The van der Waals surface area contributed by atoms with E-state index in [0.29, 0.717) is 17.6 Å². The van der Waals surface area contributed by atoms with Crippen LogP contribution in [0.5, 0.6) is 5.75 Å². The van der Waals surface area contributed by atoms with Crippen LogP contribution >= 0.6 is 0 Å². The number of hydrogen-bond donors (Lipinski definition) is 1. The molecule has 0 bridgehead atoms. The summed E-state index contributed by atoms with van der Waals surface area (Å²) >= 11 is 0. The van der Waals surface area contributed by atoms with Crippen molar-refractivity contribution in [3.63, 3.8) is 0 Å². The Morgan fingerprint density at radius 2 is 1.59 bits per heavy atom. The van der Waals surface area contributed by atoms with Crippen LogP contribution in [-0.2, 0) is 0 Å². The van der Waals surface area contributed by atoms with Crippen LogP contribution in [0.1, 0.15) is 76.3 Å². The first-order chi connectivity index (χ1) is 8.10. The van der Waals surface area contributed by atoms with Gasteiger partial charge in [0.15, 0.2) is 0 Å². The lowest BCUT2D eigenvalue weighted by Crippen LogP contribution is -1.98. The zero-order valence-corrected chi connectivity index (χ0v) is 11.7. The number of phenols is 1. The van der Waals surface area contributed by atoms with Gasteiger partial charge in [0.25, 0.3) is 0 Å². The molecule has 0 aliphatic carbocycles. The Morgan fingerprint density at radius 3 is 2.18 bits per heavy atom. The molecule has 96 valence electrons. The number of rotatable bonds is 6. The highest BCUT2D eigenvalue weighted by Gasteiger charge is 2.12. The topological polar surface area (TPSA) is 20.2 Å². The molecule has 17 heavy (non-hydrogen) atoms. The summed E-state index contributed by atoms with van der Waals surface area (Å²) in [6, 6.07) is 6.14. The smallest absolute Gasteiger partial charge is 0.119 e. The molecular formula is C16H26O. The predicted molar refractivity (Wildman–Crippen MR) is 74.8 cm³/mol. The van der Waals surface area contributed by atoms with E-state index < -0.39 is 0 Å². The van der Waals surface area contributed by atoms with Gasteiger partial charge in [0.05, 0.1) is 0 Å². The van der Waals surface area contributed by atoms with E-state index in [9.17, 15) is 5.11 Å². The minimum Gasteiger partial charge on any atom is -0.508 e. The molecule has 0 amide bonds. The fourth-order valence-corrected chi connectivity index (χ4v) is 2.46. The monoisotopic (exact) mass is 234 g/mol. The van der Waals surface area contributed by atoms with Crippen LogP contribution in [0, 0.1) is 0 Å². The van der Waals surface area contributed by atoms with Gasteiger partial charge in [0.2, 0.25) is 0 Å². The van der Waals surface area contributed by atoms with Gasteiger partial charge in [0, 0.05) is 0 Å². The summed E-state index contributed by atoms with van der Waals surface area (Å²) in [5, 5.41) is 9.94. The van der Waals surface area contributed by atoms with Gasteiger partial charge in [-0.25, -0.2) is 0 Å². The van der Waals surface area contributed by atoms with Crippen molar-refractivity contribution in [1.82, 2.24) is 0 Å². The minimum absolute atomic E-state index is 0.453. The lowest BCUT2D eigenvalue weighted by Gasteiger charge is -2.17. The van der Waals surface area contributed by atoms with Gasteiger partial charge in [-0.05, 0) is 41.9 Å². The molecular weight excluding hydrogens is 208 g/mol. The van der Waals surface area contributed by atoms with Gasteiger partial charge in [-0.3, -0.25) is 0 Å². The van der Waals surface area contributed by atoms with Gasteiger partial charge in [-0.15, -0.1) is 0 Å². The molecule has 0 aliphatic heterocycles. The second kappa shape index (κ2) is 6.68. The van der Waals surface area contributed by atoms with Crippen LogP contribution in [0.2, 0.25) is 0 Å². The maximum Gasteiger partial charge on any atom is 0.119 e. The van der Waals surface area contributed by atoms with Gasteiger partial charge in [-0.1, -0.05) is 52.7 Å². The van der Waals surface area contributed by atoms with Gasteiger partial charge >= 0.3 is 0 Å². The number of hydrogen-bond acceptors (Lipinski definition) is 1. The van der Waals surface area contributed by atoms with Gasteiger partial charge in [-0.2, -0.15) is 0 Å². The Labute approximate surface area is 106 Å². The summed E-state index contributed by atoms with van der Waals surface area (Å²) in [5.74, 6) is 1.50. The summed E-state index contributed by atoms with van der Waals surface area (Å²) in [7, 11) is 0. The van der Waals surface area contributed by atoms with E-state index in [0.717, 1.165) is 18.4 Å². The van der Waals surface area contributed by atoms with E-state index in [1.54, 1.807) is 0 Å². The average Bonchev–Trinajstić information content (AvgIpc) is 2.30. The normalized spacial score (nSPS) is 14.6. The first-order valence-electron chi connectivity index (χ1n) is 6.92. The van der Waals surface area contributed by atoms with Gasteiger partial charge in [0.1, 0.15) is 5.75 Å². The molecule has 0 heterocycles. The fourth-order valence-electron chi connectivity index (χ4n) is 2.46. The molecule has 1 heteroatoms. The molecule has 1 N–H and O–H groups in total. The van der Waals surface area contributed by atoms with E-state index in [1.165, 1.54) is 18.4 Å². The molecule has 2 atom stereocenters. The highest BCUT2D eigenvalue weighted by atomic mass is 16.3. The zero-order chi connectivity index (χ0) is 12.8. The van der Waals surface area contributed by atoms with Crippen LogP contribution in [0.4, 0.5) is 0 Å². The first-order valence-corrected chi connectivity index (χ1v) is 6.92. The molecule has 1 aromatic carbocycles. The molecule has 1 nitrogen and oxygen atoms in total. The second-order valence-corrected chi connectivity index (χ2v) is 5.20. The van der Waals surface area contributed by atoms with Crippen molar-refractivity contribution in [2.75, 3.05) is 0 Å². The highest BCUT2D eigenvalue weighted by Crippen LogP contribution is 2.32. The number of benzene rings is 1. The van der Waals surface area contributed by atoms with Crippen LogP contribution in [0.15, 0.2) is 18.2 Å². The zero-order valence-electron chi connectivity index (χ0n) is 11.7.